The molecule has 0 bridgehead atoms. The number of amides is 2. The normalized spacial score (nSPS) is 14.6. The van der Waals surface area contributed by atoms with Crippen LogP contribution in [0.2, 0.25) is 0 Å². The van der Waals surface area contributed by atoms with E-state index in [-0.39, 0.29) is 23.6 Å². The van der Waals surface area contributed by atoms with Gasteiger partial charge in [0, 0.05) is 18.7 Å². The molecule has 1 N–H and O–H groups in total. The average molecular weight is 394 g/mol. The molecular weight excluding hydrogens is 368 g/mol. The highest BCUT2D eigenvalue weighted by atomic mass is 16.5. The second-order valence-electron chi connectivity index (χ2n) is 7.02. The lowest BCUT2D eigenvalue weighted by atomic mass is 10.1. The van der Waals surface area contributed by atoms with Crippen LogP contribution in [0.25, 0.3) is 6.08 Å². The van der Waals surface area contributed by atoms with Crippen molar-refractivity contribution in [1.29, 1.82) is 0 Å². The van der Waals surface area contributed by atoms with Crippen LogP contribution < -0.4 is 10.1 Å². The van der Waals surface area contributed by atoms with Crippen molar-refractivity contribution in [3.63, 3.8) is 0 Å². The standard InChI is InChI=1S/C23H26N2O4/c1-17(2)29-20-10-8-18(9-11-20)16-21(23(27)25-12-14-28-15-13-25)24-22(26)19-6-4-3-5-7-19/h3-11,16-17H,12-15H2,1-2H3,(H,24,26)/b21-16-. The van der Waals surface area contributed by atoms with Gasteiger partial charge in [0.15, 0.2) is 0 Å². The number of rotatable bonds is 6. The first-order chi connectivity index (χ1) is 14.0. The second-order valence-corrected chi connectivity index (χ2v) is 7.02. The van der Waals surface area contributed by atoms with Gasteiger partial charge >= 0.3 is 0 Å². The third-order valence-corrected chi connectivity index (χ3v) is 4.38. The van der Waals surface area contributed by atoms with E-state index in [2.05, 4.69) is 5.32 Å². The quantitative estimate of drug-likeness (QED) is 0.765. The van der Waals surface area contributed by atoms with Gasteiger partial charge in [-0.05, 0) is 49.8 Å². The molecule has 6 heteroatoms. The fourth-order valence-electron chi connectivity index (χ4n) is 2.95. The fraction of sp³-hybridized carbons (Fsp3) is 0.304. The number of nitrogens with one attached hydrogen (secondary N) is 1. The van der Waals surface area contributed by atoms with Crippen LogP contribution in [0.4, 0.5) is 0 Å². The third kappa shape index (κ3) is 5.93. The van der Waals surface area contributed by atoms with E-state index in [0.717, 1.165) is 11.3 Å². The molecule has 0 aliphatic carbocycles. The van der Waals surface area contributed by atoms with Gasteiger partial charge in [0.2, 0.25) is 0 Å². The van der Waals surface area contributed by atoms with Crippen molar-refractivity contribution in [2.45, 2.75) is 20.0 Å². The summed E-state index contributed by atoms with van der Waals surface area (Å²) in [6.07, 6.45) is 1.78. The van der Waals surface area contributed by atoms with Crippen LogP contribution in [-0.2, 0) is 9.53 Å². The smallest absolute Gasteiger partial charge is 0.270 e. The van der Waals surface area contributed by atoms with E-state index in [0.29, 0.717) is 31.9 Å². The number of carbonyl (C=O) groups excluding carboxylic acids is 2. The van der Waals surface area contributed by atoms with E-state index < -0.39 is 0 Å². The van der Waals surface area contributed by atoms with E-state index in [1.807, 2.05) is 44.2 Å². The minimum absolute atomic E-state index is 0.0833. The van der Waals surface area contributed by atoms with Gasteiger partial charge in [-0.3, -0.25) is 9.59 Å². The van der Waals surface area contributed by atoms with Crippen LogP contribution >= 0.6 is 0 Å². The molecule has 2 amide bonds. The maximum atomic E-state index is 13.0. The Morgan fingerprint density at radius 3 is 2.31 bits per heavy atom. The van der Waals surface area contributed by atoms with Crippen molar-refractivity contribution in [3.8, 4) is 5.75 Å². The number of hydrogen-bond acceptors (Lipinski definition) is 4. The summed E-state index contributed by atoms with van der Waals surface area (Å²) in [7, 11) is 0. The molecule has 1 aliphatic heterocycles. The molecule has 1 heterocycles. The van der Waals surface area contributed by atoms with Crippen LogP contribution in [0.15, 0.2) is 60.3 Å². The number of morpholine rings is 1. The monoisotopic (exact) mass is 394 g/mol. The molecule has 0 atom stereocenters. The summed E-state index contributed by atoms with van der Waals surface area (Å²) in [5.41, 5.74) is 1.53. The molecule has 6 nitrogen and oxygen atoms in total. The minimum Gasteiger partial charge on any atom is -0.491 e. The zero-order chi connectivity index (χ0) is 20.6. The van der Waals surface area contributed by atoms with Crippen molar-refractivity contribution < 1.29 is 19.1 Å². The summed E-state index contributed by atoms with van der Waals surface area (Å²) in [5, 5.41) is 2.78. The fourth-order valence-corrected chi connectivity index (χ4v) is 2.95. The number of benzene rings is 2. The number of carbonyl (C=O) groups is 2. The molecular formula is C23H26N2O4. The second kappa shape index (κ2) is 9.89. The summed E-state index contributed by atoms with van der Waals surface area (Å²) in [6, 6.07) is 16.3. The van der Waals surface area contributed by atoms with Gasteiger partial charge in [-0.1, -0.05) is 30.3 Å². The van der Waals surface area contributed by atoms with Gasteiger partial charge < -0.3 is 19.7 Å². The maximum absolute atomic E-state index is 13.0. The van der Waals surface area contributed by atoms with Crippen molar-refractivity contribution in [3.05, 3.63) is 71.4 Å². The van der Waals surface area contributed by atoms with E-state index in [1.165, 1.54) is 0 Å². The lowest BCUT2D eigenvalue weighted by Crippen LogP contribution is -2.44. The minimum atomic E-state index is -0.321. The molecule has 3 rings (SSSR count). The van der Waals surface area contributed by atoms with Crippen molar-refractivity contribution in [1.82, 2.24) is 10.2 Å². The van der Waals surface area contributed by atoms with Gasteiger partial charge in [-0.25, -0.2) is 0 Å². The van der Waals surface area contributed by atoms with Crippen molar-refractivity contribution in [2.75, 3.05) is 26.3 Å². The first kappa shape index (κ1) is 20.6. The van der Waals surface area contributed by atoms with E-state index in [1.54, 1.807) is 35.2 Å². The molecule has 0 radical (unpaired) electrons. The number of nitrogens with zero attached hydrogens (tertiary/aromatic N) is 1. The number of ether oxygens (including phenoxy) is 2. The lowest BCUT2D eigenvalue weighted by Gasteiger charge is -2.27. The average Bonchev–Trinajstić information content (AvgIpc) is 2.75. The topological polar surface area (TPSA) is 67.9 Å². The molecule has 1 aliphatic rings. The van der Waals surface area contributed by atoms with Gasteiger partial charge in [0.05, 0.1) is 19.3 Å². The lowest BCUT2D eigenvalue weighted by molar-refractivity contribution is -0.131. The molecule has 2 aromatic rings. The Morgan fingerprint density at radius 1 is 1.03 bits per heavy atom. The molecule has 29 heavy (non-hydrogen) atoms. The zero-order valence-corrected chi connectivity index (χ0v) is 16.8. The Labute approximate surface area is 171 Å². The van der Waals surface area contributed by atoms with Gasteiger partial charge in [0.25, 0.3) is 11.8 Å². The maximum Gasteiger partial charge on any atom is 0.270 e. The first-order valence-corrected chi connectivity index (χ1v) is 9.75. The summed E-state index contributed by atoms with van der Waals surface area (Å²) < 4.78 is 11.0. The molecule has 0 aromatic heterocycles. The van der Waals surface area contributed by atoms with E-state index in [9.17, 15) is 9.59 Å². The summed E-state index contributed by atoms with van der Waals surface area (Å²) >= 11 is 0. The highest BCUT2D eigenvalue weighted by Gasteiger charge is 2.22. The van der Waals surface area contributed by atoms with Gasteiger partial charge in [-0.2, -0.15) is 0 Å². The Hall–Kier alpha value is -3.12. The SMILES string of the molecule is CC(C)Oc1ccc(/C=C(\NC(=O)c2ccccc2)C(=O)N2CCOCC2)cc1. The van der Waals surface area contributed by atoms with Gasteiger partial charge in [-0.15, -0.1) is 0 Å². The summed E-state index contributed by atoms with van der Waals surface area (Å²) in [6.45, 7) is 5.91. The third-order valence-electron chi connectivity index (χ3n) is 4.38. The Morgan fingerprint density at radius 2 is 1.69 bits per heavy atom. The molecule has 152 valence electrons. The summed E-state index contributed by atoms with van der Waals surface area (Å²) in [5.74, 6) is 0.213. The predicted molar refractivity (Wildman–Crippen MR) is 111 cm³/mol. The Kier molecular flexibility index (Phi) is 7.03. The van der Waals surface area contributed by atoms with Crippen LogP contribution in [0.1, 0.15) is 29.8 Å². The Balaban J connectivity index is 1.84. The van der Waals surface area contributed by atoms with Crippen LogP contribution in [0.3, 0.4) is 0 Å². The van der Waals surface area contributed by atoms with Crippen LogP contribution in [0, 0.1) is 0 Å². The molecule has 1 saturated heterocycles. The van der Waals surface area contributed by atoms with Crippen molar-refractivity contribution in [2.24, 2.45) is 0 Å². The van der Waals surface area contributed by atoms with Gasteiger partial charge in [0.1, 0.15) is 11.4 Å². The van der Waals surface area contributed by atoms with E-state index >= 15 is 0 Å². The zero-order valence-electron chi connectivity index (χ0n) is 16.8. The molecule has 0 unspecified atom stereocenters. The van der Waals surface area contributed by atoms with Crippen LogP contribution in [0.5, 0.6) is 5.75 Å². The molecule has 2 aromatic carbocycles. The molecule has 1 fully saturated rings. The largest absolute Gasteiger partial charge is 0.491 e. The first-order valence-electron chi connectivity index (χ1n) is 9.75. The predicted octanol–water partition coefficient (Wildman–Crippen LogP) is 3.10. The van der Waals surface area contributed by atoms with Crippen LogP contribution in [-0.4, -0.2) is 49.1 Å². The summed E-state index contributed by atoms with van der Waals surface area (Å²) in [4.78, 5) is 27.4. The molecule has 0 saturated carbocycles. The Bertz CT molecular complexity index is 854. The van der Waals surface area contributed by atoms with E-state index in [4.69, 9.17) is 9.47 Å². The highest BCUT2D eigenvalue weighted by Crippen LogP contribution is 2.17. The molecule has 0 spiro atoms. The van der Waals surface area contributed by atoms with Crippen molar-refractivity contribution >= 4 is 17.9 Å². The highest BCUT2D eigenvalue weighted by molar-refractivity contribution is 6.05. The number of hydrogen-bond donors (Lipinski definition) is 1.